The van der Waals surface area contributed by atoms with Gasteiger partial charge < -0.3 is 10.6 Å². The van der Waals surface area contributed by atoms with Crippen molar-refractivity contribution in [3.05, 3.63) is 11.8 Å². The van der Waals surface area contributed by atoms with Crippen molar-refractivity contribution in [3.63, 3.8) is 0 Å². The summed E-state index contributed by atoms with van der Waals surface area (Å²) in [5.74, 6) is -0.400. The summed E-state index contributed by atoms with van der Waals surface area (Å²) in [7, 11) is 0. The molecular weight excluding hydrogens is 130 g/mol. The van der Waals surface area contributed by atoms with Gasteiger partial charge in [0.15, 0.2) is 5.76 Å². The fraction of sp³-hybridized carbons (Fsp3) is 0.500. The molecule has 0 spiro atoms. The quantitative estimate of drug-likeness (QED) is 0.531. The van der Waals surface area contributed by atoms with E-state index in [1.54, 1.807) is 0 Å². The van der Waals surface area contributed by atoms with E-state index in [1.807, 2.05) is 0 Å². The van der Waals surface area contributed by atoms with Gasteiger partial charge in [-0.2, -0.15) is 0 Å². The van der Waals surface area contributed by atoms with E-state index in [0.29, 0.717) is 0 Å². The molecule has 52 valence electrons. The maximum Gasteiger partial charge on any atom is 0.297 e. The van der Waals surface area contributed by atoms with Crippen molar-refractivity contribution in [3.8, 4) is 0 Å². The predicted molar refractivity (Wildman–Crippen MR) is 26.3 cm³/mol. The Bertz CT molecular complexity index is 137. The van der Waals surface area contributed by atoms with Gasteiger partial charge in [-0.1, -0.05) is 0 Å². The lowest BCUT2D eigenvalue weighted by molar-refractivity contribution is 0.0435. The van der Waals surface area contributed by atoms with Gasteiger partial charge in [-0.05, 0) is 6.08 Å². The van der Waals surface area contributed by atoms with Crippen LogP contribution in [-0.4, -0.2) is 12.6 Å². The summed E-state index contributed by atoms with van der Waals surface area (Å²) < 4.78 is 23.2. The molecule has 1 heterocycles. The molecule has 5 heteroatoms. The van der Waals surface area contributed by atoms with Crippen LogP contribution in [0.5, 0.6) is 0 Å². The molecule has 0 aromatic heterocycles. The molecule has 1 unspecified atom stereocenters. The average molecular weight is 136 g/mol. The highest BCUT2D eigenvalue weighted by Gasteiger charge is 2.20. The van der Waals surface area contributed by atoms with Crippen LogP contribution in [0.4, 0.5) is 8.78 Å². The number of rotatable bonds is 1. The molecule has 0 aromatic rings. The number of nitrogens with one attached hydrogen (secondary N) is 1. The molecule has 9 heavy (non-hydrogen) atoms. The first kappa shape index (κ1) is 6.44. The van der Waals surface area contributed by atoms with E-state index in [0.717, 1.165) is 6.08 Å². The van der Waals surface area contributed by atoms with Crippen molar-refractivity contribution < 1.29 is 13.6 Å². The minimum Gasteiger partial charge on any atom is -0.405 e. The van der Waals surface area contributed by atoms with Gasteiger partial charge in [0, 0.05) is 0 Å². The van der Waals surface area contributed by atoms with Crippen LogP contribution in [-0.2, 0) is 4.84 Å². The van der Waals surface area contributed by atoms with Gasteiger partial charge in [0.2, 0.25) is 0 Å². The maximum atomic E-state index is 11.6. The molecule has 1 aliphatic heterocycles. The topological polar surface area (TPSA) is 47.3 Å². The Kier molecular flexibility index (Phi) is 1.63. The van der Waals surface area contributed by atoms with Gasteiger partial charge in [-0.3, -0.25) is 0 Å². The van der Waals surface area contributed by atoms with Crippen molar-refractivity contribution in [2.45, 2.75) is 12.6 Å². The molecule has 1 rings (SSSR count). The summed E-state index contributed by atoms with van der Waals surface area (Å²) in [5.41, 5.74) is 7.27. The molecule has 1 aliphatic rings. The summed E-state index contributed by atoms with van der Waals surface area (Å²) in [6.07, 6.45) is -2.05. The molecular formula is C4H6F2N2O. The molecule has 3 N–H and O–H groups in total. The second-order valence-corrected chi connectivity index (χ2v) is 1.62. The molecule has 0 saturated carbocycles. The fourth-order valence-electron chi connectivity index (χ4n) is 0.498. The van der Waals surface area contributed by atoms with E-state index in [-0.39, 0.29) is 0 Å². The van der Waals surface area contributed by atoms with Crippen molar-refractivity contribution in [2.75, 3.05) is 0 Å². The third-order valence-electron chi connectivity index (χ3n) is 0.872. The summed E-state index contributed by atoms with van der Waals surface area (Å²) in [5, 5.41) is 0. The number of hydrogen-bond acceptors (Lipinski definition) is 3. The number of alkyl halides is 2. The molecule has 0 aromatic carbocycles. The summed E-state index contributed by atoms with van der Waals surface area (Å²) in [4.78, 5) is 4.26. The molecule has 0 aliphatic carbocycles. The minimum atomic E-state index is -2.58. The van der Waals surface area contributed by atoms with Crippen LogP contribution in [0.25, 0.3) is 0 Å². The SMILES string of the molecule is NC1C=C(C(F)F)ON1. The van der Waals surface area contributed by atoms with Gasteiger partial charge in [0.25, 0.3) is 6.43 Å². The minimum absolute atomic E-state index is 0.400. The van der Waals surface area contributed by atoms with Gasteiger partial charge in [0.1, 0.15) is 6.17 Å². The van der Waals surface area contributed by atoms with Crippen LogP contribution in [0.15, 0.2) is 11.8 Å². The van der Waals surface area contributed by atoms with Gasteiger partial charge >= 0.3 is 0 Å². The van der Waals surface area contributed by atoms with Crippen LogP contribution in [0.1, 0.15) is 0 Å². The van der Waals surface area contributed by atoms with E-state index in [4.69, 9.17) is 5.73 Å². The number of halogens is 2. The molecule has 0 amide bonds. The highest BCUT2D eigenvalue weighted by atomic mass is 19.3. The highest BCUT2D eigenvalue weighted by molar-refractivity contribution is 5.04. The normalized spacial score (nSPS) is 26.2. The van der Waals surface area contributed by atoms with Crippen molar-refractivity contribution in [2.24, 2.45) is 5.73 Å². The summed E-state index contributed by atoms with van der Waals surface area (Å²) >= 11 is 0. The molecule has 0 bridgehead atoms. The Morgan fingerprint density at radius 1 is 1.78 bits per heavy atom. The van der Waals surface area contributed by atoms with E-state index < -0.39 is 18.4 Å². The summed E-state index contributed by atoms with van der Waals surface area (Å²) in [6.45, 7) is 0. The zero-order valence-corrected chi connectivity index (χ0v) is 4.47. The molecule has 0 saturated heterocycles. The Hall–Kier alpha value is -0.680. The van der Waals surface area contributed by atoms with Crippen molar-refractivity contribution in [1.29, 1.82) is 0 Å². The van der Waals surface area contributed by atoms with Crippen molar-refractivity contribution in [1.82, 2.24) is 5.48 Å². The lowest BCUT2D eigenvalue weighted by Crippen LogP contribution is -2.29. The fourth-order valence-corrected chi connectivity index (χ4v) is 0.498. The zero-order valence-electron chi connectivity index (χ0n) is 4.47. The largest absolute Gasteiger partial charge is 0.405 e. The van der Waals surface area contributed by atoms with Crippen LogP contribution in [0.2, 0.25) is 0 Å². The standard InChI is InChI=1S/C4H6F2N2O/c5-4(6)2-1-3(7)8-9-2/h1,3-4,8H,7H2. The number of hydroxylamine groups is 1. The predicted octanol–water partition coefficient (Wildman–Crippen LogP) is -0.0450. The first-order valence-electron chi connectivity index (χ1n) is 2.38. The third kappa shape index (κ3) is 1.36. The first-order valence-corrected chi connectivity index (χ1v) is 2.38. The van der Waals surface area contributed by atoms with Crippen molar-refractivity contribution >= 4 is 0 Å². The maximum absolute atomic E-state index is 11.6. The zero-order chi connectivity index (χ0) is 6.85. The first-order chi connectivity index (χ1) is 4.20. The van der Waals surface area contributed by atoms with E-state index in [2.05, 4.69) is 10.3 Å². The Morgan fingerprint density at radius 3 is 2.67 bits per heavy atom. The van der Waals surface area contributed by atoms with E-state index in [1.165, 1.54) is 0 Å². The van der Waals surface area contributed by atoms with E-state index in [9.17, 15) is 8.78 Å². The monoisotopic (exact) mass is 136 g/mol. The van der Waals surface area contributed by atoms with Gasteiger partial charge in [0.05, 0.1) is 0 Å². The Balaban J connectivity index is 2.52. The highest BCUT2D eigenvalue weighted by Crippen LogP contribution is 2.12. The number of nitrogens with two attached hydrogens (primary N) is 1. The second-order valence-electron chi connectivity index (χ2n) is 1.62. The lowest BCUT2D eigenvalue weighted by Gasteiger charge is -1.99. The third-order valence-corrected chi connectivity index (χ3v) is 0.872. The molecule has 0 radical (unpaired) electrons. The molecule has 3 nitrogen and oxygen atoms in total. The summed E-state index contributed by atoms with van der Waals surface area (Å²) in [6, 6.07) is 0. The average Bonchev–Trinajstić information content (AvgIpc) is 2.14. The Labute approximate surface area is 50.4 Å². The van der Waals surface area contributed by atoms with Crippen LogP contribution in [0.3, 0.4) is 0 Å². The number of allylic oxidation sites excluding steroid dienone is 1. The smallest absolute Gasteiger partial charge is 0.297 e. The molecule has 0 fully saturated rings. The molecule has 1 atom stereocenters. The Morgan fingerprint density at radius 2 is 2.44 bits per heavy atom. The van der Waals surface area contributed by atoms with Gasteiger partial charge in [-0.25, -0.2) is 8.78 Å². The van der Waals surface area contributed by atoms with Gasteiger partial charge in [-0.15, -0.1) is 5.48 Å². The lowest BCUT2D eigenvalue weighted by atomic mass is 10.4. The van der Waals surface area contributed by atoms with Crippen LogP contribution in [0, 0.1) is 0 Å². The number of hydrogen-bond donors (Lipinski definition) is 2. The second kappa shape index (κ2) is 2.28. The van der Waals surface area contributed by atoms with E-state index >= 15 is 0 Å². The van der Waals surface area contributed by atoms with Crippen LogP contribution >= 0.6 is 0 Å². The van der Waals surface area contributed by atoms with Crippen LogP contribution < -0.4 is 11.2 Å².